The molecule has 0 spiro atoms. The summed E-state index contributed by atoms with van der Waals surface area (Å²) in [5.74, 6) is -1.44. The number of rotatable bonds is 7. The summed E-state index contributed by atoms with van der Waals surface area (Å²) in [5, 5.41) is 12.5. The highest BCUT2D eigenvalue weighted by atomic mass is 35.5. The van der Waals surface area contributed by atoms with Crippen molar-refractivity contribution in [3.63, 3.8) is 0 Å². The number of urea groups is 1. The Labute approximate surface area is 211 Å². The van der Waals surface area contributed by atoms with Crippen LogP contribution in [0.2, 0.25) is 10.0 Å². The molecule has 0 bridgehead atoms. The first kappa shape index (κ1) is 24.5. The third kappa shape index (κ3) is 4.81. The molecule has 0 saturated carbocycles. The van der Waals surface area contributed by atoms with Crippen LogP contribution in [0.15, 0.2) is 42.5 Å². The molecule has 5 amide bonds. The maximum atomic E-state index is 13.9. The number of carbonyl (C=O) groups is 4. The highest BCUT2D eigenvalue weighted by Gasteiger charge is 2.62. The van der Waals surface area contributed by atoms with E-state index in [1.54, 1.807) is 24.3 Å². The largest absolute Gasteiger partial charge is 0.370 e. The lowest BCUT2D eigenvalue weighted by atomic mass is 9.86. The van der Waals surface area contributed by atoms with E-state index in [9.17, 15) is 19.2 Å². The predicted octanol–water partition coefficient (Wildman–Crippen LogP) is 2.77. The van der Waals surface area contributed by atoms with Crippen molar-refractivity contribution >= 4 is 52.6 Å². The Bertz CT molecular complexity index is 1240. The minimum Gasteiger partial charge on any atom is -0.370 e. The van der Waals surface area contributed by atoms with Gasteiger partial charge < -0.3 is 16.0 Å². The van der Waals surface area contributed by atoms with Gasteiger partial charge in [-0.3, -0.25) is 14.4 Å². The van der Waals surface area contributed by atoms with Gasteiger partial charge in [0.25, 0.3) is 5.91 Å². The Hall–Kier alpha value is -3.61. The monoisotopic (exact) mass is 513 g/mol. The molecule has 2 atom stereocenters. The molecule has 9 nitrogen and oxygen atoms in total. The molecule has 180 valence electrons. The summed E-state index contributed by atoms with van der Waals surface area (Å²) in [6.45, 7) is 0.105. The molecular weight excluding hydrogens is 493 g/mol. The van der Waals surface area contributed by atoms with E-state index < -0.39 is 29.4 Å². The molecule has 3 N–H and O–H groups in total. The summed E-state index contributed by atoms with van der Waals surface area (Å²) in [7, 11) is 0. The van der Waals surface area contributed by atoms with Gasteiger partial charge >= 0.3 is 6.03 Å². The summed E-state index contributed by atoms with van der Waals surface area (Å²) in [5.41, 5.74) is 5.34. The van der Waals surface area contributed by atoms with Crippen molar-refractivity contribution in [2.24, 2.45) is 5.73 Å². The zero-order chi connectivity index (χ0) is 25.3. The number of nitrogens with two attached hydrogens (primary N) is 1. The molecule has 2 unspecified atom stereocenters. The number of halogens is 2. The van der Waals surface area contributed by atoms with Gasteiger partial charge in [-0.2, -0.15) is 5.26 Å². The first-order chi connectivity index (χ1) is 16.6. The number of anilines is 1. The molecule has 2 aliphatic rings. The van der Waals surface area contributed by atoms with Crippen molar-refractivity contribution in [3.8, 4) is 6.07 Å². The number of carbonyl (C=O) groups excluding carboxylic acids is 4. The molecule has 0 radical (unpaired) electrons. The Morgan fingerprint density at radius 1 is 1.11 bits per heavy atom. The quantitative estimate of drug-likeness (QED) is 0.548. The Kier molecular flexibility index (Phi) is 6.70. The van der Waals surface area contributed by atoms with Crippen LogP contribution in [0.4, 0.5) is 10.5 Å². The van der Waals surface area contributed by atoms with Gasteiger partial charge in [-0.25, -0.2) is 9.69 Å². The van der Waals surface area contributed by atoms with Crippen LogP contribution in [0.25, 0.3) is 0 Å². The zero-order valence-electron chi connectivity index (χ0n) is 18.5. The summed E-state index contributed by atoms with van der Waals surface area (Å²) >= 11 is 12.2. The van der Waals surface area contributed by atoms with Crippen LogP contribution in [0.1, 0.15) is 30.4 Å². The smallest absolute Gasteiger partial charge is 0.332 e. The van der Waals surface area contributed by atoms with Gasteiger partial charge in [-0.1, -0.05) is 35.3 Å². The van der Waals surface area contributed by atoms with E-state index in [0.29, 0.717) is 5.56 Å². The lowest BCUT2D eigenvalue weighted by Gasteiger charge is -2.28. The fraction of sp³-hybridized carbons (Fsp3) is 0.292. The molecule has 2 heterocycles. The van der Waals surface area contributed by atoms with Gasteiger partial charge in [0.05, 0.1) is 17.3 Å². The molecule has 2 aliphatic heterocycles. The Balaban J connectivity index is 1.66. The number of benzene rings is 2. The summed E-state index contributed by atoms with van der Waals surface area (Å²) in [6, 6.07) is 12.3. The number of hydrogen-bond acceptors (Lipinski definition) is 5. The van der Waals surface area contributed by atoms with Gasteiger partial charge in [0, 0.05) is 48.3 Å². The standard InChI is InChI=1S/C24H21Cl2N5O4/c25-16-7-17(26)9-19(8-16)31-22(34)24(10-14-1-3-15(12-27)4-2-14)11-18(13-30(24)23(31)35)29-21(33)6-5-20(28)32/h1-4,7-9,18H,5-6,10-11,13H2,(H2,28,32)(H,29,33). The van der Waals surface area contributed by atoms with Crippen LogP contribution in [-0.4, -0.2) is 46.8 Å². The van der Waals surface area contributed by atoms with E-state index in [1.807, 2.05) is 0 Å². The Morgan fingerprint density at radius 2 is 1.77 bits per heavy atom. The molecular formula is C24H21Cl2N5O4. The fourth-order valence-corrected chi connectivity index (χ4v) is 5.18. The number of primary amides is 1. The second-order valence-electron chi connectivity index (χ2n) is 8.61. The lowest BCUT2D eigenvalue weighted by molar-refractivity contribution is -0.125. The third-order valence-electron chi connectivity index (χ3n) is 6.18. The van der Waals surface area contributed by atoms with Crippen LogP contribution >= 0.6 is 23.2 Å². The minimum absolute atomic E-state index is 0.0799. The molecule has 2 aromatic carbocycles. The van der Waals surface area contributed by atoms with Crippen LogP contribution in [0.5, 0.6) is 0 Å². The number of nitriles is 1. The SMILES string of the molecule is N#Cc1ccc(CC23CC(NC(=O)CCC(N)=O)CN2C(=O)N(c2cc(Cl)cc(Cl)c2)C3=O)cc1. The van der Waals surface area contributed by atoms with E-state index >= 15 is 0 Å². The van der Waals surface area contributed by atoms with Crippen LogP contribution < -0.4 is 16.0 Å². The summed E-state index contributed by atoms with van der Waals surface area (Å²) < 4.78 is 0. The molecule has 2 aromatic rings. The van der Waals surface area contributed by atoms with Crippen molar-refractivity contribution in [1.29, 1.82) is 5.26 Å². The van der Waals surface area contributed by atoms with E-state index in [0.717, 1.165) is 10.5 Å². The zero-order valence-corrected chi connectivity index (χ0v) is 20.0. The van der Waals surface area contributed by atoms with Crippen molar-refractivity contribution in [2.45, 2.75) is 37.3 Å². The van der Waals surface area contributed by atoms with Crippen molar-refractivity contribution in [1.82, 2.24) is 10.2 Å². The second kappa shape index (κ2) is 9.56. The number of hydrogen-bond donors (Lipinski definition) is 2. The average Bonchev–Trinajstić information content (AvgIpc) is 3.24. The summed E-state index contributed by atoms with van der Waals surface area (Å²) in [6.07, 6.45) is 0.176. The lowest BCUT2D eigenvalue weighted by Crippen LogP contribution is -2.47. The maximum Gasteiger partial charge on any atom is 0.332 e. The highest BCUT2D eigenvalue weighted by molar-refractivity contribution is 6.35. The van der Waals surface area contributed by atoms with Crippen LogP contribution in [0.3, 0.4) is 0 Å². The molecule has 4 rings (SSSR count). The first-order valence-electron chi connectivity index (χ1n) is 10.8. The number of amides is 5. The Morgan fingerprint density at radius 3 is 2.37 bits per heavy atom. The normalized spacial score (nSPS) is 21.1. The van der Waals surface area contributed by atoms with Gasteiger partial charge in [0.2, 0.25) is 11.8 Å². The van der Waals surface area contributed by atoms with Gasteiger partial charge in [-0.05, 0) is 35.9 Å². The highest BCUT2D eigenvalue weighted by Crippen LogP contribution is 2.43. The first-order valence-corrected chi connectivity index (χ1v) is 11.6. The van der Waals surface area contributed by atoms with Gasteiger partial charge in [0.15, 0.2) is 0 Å². The summed E-state index contributed by atoms with van der Waals surface area (Å²) in [4.78, 5) is 53.2. The number of fused-ring (bicyclic) bond motifs is 1. The van der Waals surface area contributed by atoms with E-state index in [1.165, 1.54) is 23.1 Å². The molecule has 0 aliphatic carbocycles. The van der Waals surface area contributed by atoms with Crippen molar-refractivity contribution in [3.05, 3.63) is 63.6 Å². The molecule has 11 heteroatoms. The molecule has 2 saturated heterocycles. The molecule has 2 fully saturated rings. The minimum atomic E-state index is -1.26. The number of nitrogens with one attached hydrogen (secondary N) is 1. The van der Waals surface area contributed by atoms with Gasteiger partial charge in [0.1, 0.15) is 5.54 Å². The third-order valence-corrected chi connectivity index (χ3v) is 6.61. The number of imide groups is 1. The van der Waals surface area contributed by atoms with Gasteiger partial charge in [-0.15, -0.1) is 0 Å². The topological polar surface area (TPSA) is 137 Å². The average molecular weight is 514 g/mol. The maximum absolute atomic E-state index is 13.9. The predicted molar refractivity (Wildman–Crippen MR) is 129 cm³/mol. The van der Waals surface area contributed by atoms with E-state index in [2.05, 4.69) is 11.4 Å². The van der Waals surface area contributed by atoms with E-state index in [4.69, 9.17) is 34.2 Å². The fourth-order valence-electron chi connectivity index (χ4n) is 4.66. The van der Waals surface area contributed by atoms with Crippen LogP contribution in [-0.2, 0) is 20.8 Å². The van der Waals surface area contributed by atoms with Crippen molar-refractivity contribution < 1.29 is 19.2 Å². The van der Waals surface area contributed by atoms with E-state index in [-0.39, 0.29) is 53.9 Å². The number of nitrogens with zero attached hydrogens (tertiary/aromatic N) is 3. The molecule has 0 aromatic heterocycles. The second-order valence-corrected chi connectivity index (χ2v) is 9.49. The van der Waals surface area contributed by atoms with Crippen LogP contribution in [0, 0.1) is 11.3 Å². The van der Waals surface area contributed by atoms with Crippen molar-refractivity contribution in [2.75, 3.05) is 11.4 Å². The molecule has 35 heavy (non-hydrogen) atoms.